The number of unbranched alkanes of at least 4 members (excludes halogenated alkanes) is 1. The Kier molecular flexibility index (Phi) is 14.7. The van der Waals surface area contributed by atoms with Gasteiger partial charge in [-0.15, -0.1) is 0 Å². The van der Waals surface area contributed by atoms with Gasteiger partial charge in [0.1, 0.15) is 23.4 Å². The van der Waals surface area contributed by atoms with Crippen LogP contribution in [0.2, 0.25) is 0 Å². The molecule has 61 heavy (non-hydrogen) atoms. The second-order valence-corrected chi connectivity index (χ2v) is 17.1. The molecule has 0 saturated heterocycles. The Morgan fingerprint density at radius 1 is 0.934 bits per heavy atom. The standard InChI is InChI=1S/C44H61N11O6/c1-11-12-19-54(25-35(56)51-44(17-18-44)41(60)48-33(20-26(2)3)39(58)52(8)9)40(59)36(27(4)5)49-38(57)30-15-13-28(6)34(21-30)55-24-31-22-46-42(50-37(31)53(10)43(55)61)47-32-16-14-29(7)45-23-32/h13-16,21-23,26-27,33,36H,11-12,17-20,24-25H2,1-10H3,(H,48,60)(H,49,57)(H,51,56)(H,46,47,50)/t33-,36-/m0/s1. The molecule has 4 N–H and O–H groups in total. The fourth-order valence-corrected chi connectivity index (χ4v) is 7.14. The summed E-state index contributed by atoms with van der Waals surface area (Å²) in [4.78, 5) is 101. The average molecular weight is 840 g/mol. The van der Waals surface area contributed by atoms with Crippen LogP contribution in [0.15, 0.2) is 42.7 Å². The van der Waals surface area contributed by atoms with E-state index in [9.17, 15) is 28.8 Å². The molecule has 0 bridgehead atoms. The summed E-state index contributed by atoms with van der Waals surface area (Å²) in [5.41, 5.74) is 2.63. The average Bonchev–Trinajstić information content (AvgIpc) is 4.00. The van der Waals surface area contributed by atoms with E-state index in [2.05, 4.69) is 36.2 Å². The molecule has 1 aliphatic heterocycles. The highest BCUT2D eigenvalue weighted by Crippen LogP contribution is 2.36. The molecule has 0 radical (unpaired) electrons. The number of urea groups is 1. The molecule has 2 atom stereocenters. The van der Waals surface area contributed by atoms with Crippen molar-refractivity contribution in [3.63, 3.8) is 0 Å². The van der Waals surface area contributed by atoms with Gasteiger partial charge in [0, 0.05) is 56.4 Å². The number of anilines is 4. The molecule has 1 aromatic carbocycles. The summed E-state index contributed by atoms with van der Waals surface area (Å²) in [6.45, 7) is 13.4. The molecule has 17 heteroatoms. The van der Waals surface area contributed by atoms with E-state index in [0.717, 1.165) is 17.7 Å². The van der Waals surface area contributed by atoms with Gasteiger partial charge in [-0.05, 0) is 81.2 Å². The highest BCUT2D eigenvalue weighted by atomic mass is 16.2. The molecule has 0 unspecified atom stereocenters. The van der Waals surface area contributed by atoms with Crippen LogP contribution >= 0.6 is 0 Å². The Bertz CT molecular complexity index is 2120. The SMILES string of the molecule is CCCCN(CC(=O)NC1(C(=O)N[C@@H](CC(C)C)C(=O)N(C)C)CC1)C(=O)[C@@H](NC(=O)c1ccc(C)c(N2Cc3cnc(Nc4ccc(C)nc4)nc3N(C)C2=O)c1)C(C)C. The minimum absolute atomic E-state index is 0.148. The number of hydrogen-bond acceptors (Lipinski definition) is 10. The third-order valence-electron chi connectivity index (χ3n) is 10.9. The van der Waals surface area contributed by atoms with Crippen molar-refractivity contribution in [1.29, 1.82) is 0 Å². The van der Waals surface area contributed by atoms with Gasteiger partial charge in [0.15, 0.2) is 0 Å². The van der Waals surface area contributed by atoms with Gasteiger partial charge in [0.25, 0.3) is 5.91 Å². The molecular formula is C44H61N11O6. The number of nitrogens with one attached hydrogen (secondary N) is 4. The van der Waals surface area contributed by atoms with Crippen LogP contribution in [0, 0.1) is 25.7 Å². The molecule has 3 heterocycles. The lowest BCUT2D eigenvalue weighted by molar-refractivity contribution is -0.140. The molecule has 17 nitrogen and oxygen atoms in total. The third-order valence-corrected chi connectivity index (χ3v) is 10.9. The molecule has 1 saturated carbocycles. The third kappa shape index (κ3) is 11.2. The predicted molar refractivity (Wildman–Crippen MR) is 233 cm³/mol. The Labute approximate surface area is 358 Å². The van der Waals surface area contributed by atoms with Gasteiger partial charge in [0.05, 0.1) is 25.0 Å². The maximum Gasteiger partial charge on any atom is 0.330 e. The van der Waals surface area contributed by atoms with Gasteiger partial charge in [-0.3, -0.25) is 38.8 Å². The summed E-state index contributed by atoms with van der Waals surface area (Å²) in [5, 5.41) is 11.7. The number of carbonyl (C=O) groups excluding carboxylic acids is 6. The van der Waals surface area contributed by atoms with E-state index in [1.54, 1.807) is 56.6 Å². The predicted octanol–water partition coefficient (Wildman–Crippen LogP) is 4.46. The molecule has 328 valence electrons. The monoisotopic (exact) mass is 839 g/mol. The normalized spacial score (nSPS) is 15.1. The molecule has 2 aromatic heterocycles. The zero-order valence-electron chi connectivity index (χ0n) is 37.1. The van der Waals surface area contributed by atoms with Gasteiger partial charge in [-0.1, -0.05) is 47.1 Å². The van der Waals surface area contributed by atoms with Crippen molar-refractivity contribution in [1.82, 2.24) is 40.7 Å². The van der Waals surface area contributed by atoms with Crippen LogP contribution in [0.5, 0.6) is 0 Å². The summed E-state index contributed by atoms with van der Waals surface area (Å²) in [7, 11) is 4.90. The van der Waals surface area contributed by atoms with Crippen LogP contribution < -0.4 is 31.1 Å². The zero-order chi connectivity index (χ0) is 44.8. The molecule has 1 aliphatic carbocycles. The first-order valence-electron chi connectivity index (χ1n) is 21.0. The topological polar surface area (TPSA) is 202 Å². The summed E-state index contributed by atoms with van der Waals surface area (Å²) >= 11 is 0. The van der Waals surface area contributed by atoms with Crippen LogP contribution in [0.25, 0.3) is 0 Å². The minimum Gasteiger partial charge on any atom is -0.347 e. The number of amides is 7. The number of nitrogens with zero attached hydrogens (tertiary/aromatic N) is 7. The van der Waals surface area contributed by atoms with E-state index in [-0.39, 0.29) is 49.0 Å². The van der Waals surface area contributed by atoms with E-state index in [1.165, 1.54) is 14.7 Å². The number of likely N-dealkylation sites (N-methyl/N-ethyl adjacent to an activating group) is 1. The number of aryl methyl sites for hydroxylation is 2. The number of hydrogen-bond donors (Lipinski definition) is 4. The van der Waals surface area contributed by atoms with E-state index >= 15 is 0 Å². The van der Waals surface area contributed by atoms with Crippen molar-refractivity contribution in [2.75, 3.05) is 49.3 Å². The maximum absolute atomic E-state index is 14.2. The zero-order valence-corrected chi connectivity index (χ0v) is 37.1. The van der Waals surface area contributed by atoms with Gasteiger partial charge in [-0.25, -0.2) is 9.78 Å². The van der Waals surface area contributed by atoms with Crippen LogP contribution in [0.3, 0.4) is 0 Å². The van der Waals surface area contributed by atoms with E-state index in [4.69, 9.17) is 0 Å². The molecule has 5 rings (SSSR count). The number of carbonyl (C=O) groups is 6. The second kappa shape index (κ2) is 19.5. The van der Waals surface area contributed by atoms with Crippen LogP contribution in [0.1, 0.15) is 93.9 Å². The van der Waals surface area contributed by atoms with Crippen LogP contribution in [0.4, 0.5) is 27.9 Å². The lowest BCUT2D eigenvalue weighted by Gasteiger charge is -2.35. The van der Waals surface area contributed by atoms with Crippen molar-refractivity contribution in [2.24, 2.45) is 11.8 Å². The Morgan fingerprint density at radius 2 is 1.66 bits per heavy atom. The van der Waals surface area contributed by atoms with Crippen molar-refractivity contribution in [2.45, 2.75) is 105 Å². The fraction of sp³-hybridized carbons (Fsp3) is 0.523. The first-order chi connectivity index (χ1) is 28.8. The molecule has 7 amide bonds. The summed E-state index contributed by atoms with van der Waals surface area (Å²) in [6, 6.07) is 6.69. The van der Waals surface area contributed by atoms with Crippen LogP contribution in [-0.2, 0) is 25.7 Å². The first-order valence-corrected chi connectivity index (χ1v) is 21.0. The second-order valence-electron chi connectivity index (χ2n) is 17.1. The van der Waals surface area contributed by atoms with E-state index in [1.807, 2.05) is 60.6 Å². The van der Waals surface area contributed by atoms with E-state index < -0.39 is 41.3 Å². The van der Waals surface area contributed by atoms with Gasteiger partial charge in [0.2, 0.25) is 29.6 Å². The largest absolute Gasteiger partial charge is 0.347 e. The number of aromatic nitrogens is 3. The Morgan fingerprint density at radius 3 is 2.26 bits per heavy atom. The number of pyridine rings is 1. The van der Waals surface area contributed by atoms with Crippen LogP contribution in [-0.4, -0.2) is 112 Å². The van der Waals surface area contributed by atoms with E-state index in [0.29, 0.717) is 54.4 Å². The highest BCUT2D eigenvalue weighted by molar-refractivity contribution is 6.07. The highest BCUT2D eigenvalue weighted by Gasteiger charge is 2.52. The summed E-state index contributed by atoms with van der Waals surface area (Å²) in [5.74, 6) is -1.54. The lowest BCUT2D eigenvalue weighted by atomic mass is 10.0. The Hall–Kier alpha value is -6.13. The summed E-state index contributed by atoms with van der Waals surface area (Å²) in [6.07, 6.45) is 5.97. The molecular weight excluding hydrogens is 779 g/mol. The summed E-state index contributed by atoms with van der Waals surface area (Å²) < 4.78 is 0. The minimum atomic E-state index is -1.16. The molecule has 0 spiro atoms. The van der Waals surface area contributed by atoms with Gasteiger partial charge in [-0.2, -0.15) is 4.98 Å². The van der Waals surface area contributed by atoms with Gasteiger partial charge >= 0.3 is 6.03 Å². The first kappa shape index (κ1) is 45.9. The lowest BCUT2D eigenvalue weighted by Crippen LogP contribution is -2.57. The molecule has 3 aromatic rings. The number of benzene rings is 1. The molecule has 1 fully saturated rings. The van der Waals surface area contributed by atoms with Crippen molar-refractivity contribution in [3.8, 4) is 0 Å². The number of fused-ring (bicyclic) bond motifs is 1. The van der Waals surface area contributed by atoms with Crippen molar-refractivity contribution >= 4 is 58.7 Å². The molecule has 2 aliphatic rings. The fourth-order valence-electron chi connectivity index (χ4n) is 7.14. The maximum atomic E-state index is 14.2. The smallest absolute Gasteiger partial charge is 0.330 e. The van der Waals surface area contributed by atoms with Crippen molar-refractivity contribution in [3.05, 3.63) is 65.1 Å². The number of rotatable bonds is 18. The Balaban J connectivity index is 1.28. The van der Waals surface area contributed by atoms with Crippen molar-refractivity contribution < 1.29 is 28.8 Å². The van der Waals surface area contributed by atoms with Gasteiger partial charge < -0.3 is 31.1 Å². The quantitative estimate of drug-likeness (QED) is 0.142.